The highest BCUT2D eigenvalue weighted by molar-refractivity contribution is 5.80. The maximum Gasteiger partial charge on any atom is 0.519 e. The molecule has 0 fully saturated rings. The SMILES string of the molecule is C=C(C)C(C)O.C=C(CCC)N(CC(=O)OCc1oc(=O)oc1C)Cc1ccc(-c2ccccc2-c2nn[nH]n2)cc1.CC.CC. The Morgan fingerprint density at radius 2 is 1.65 bits per heavy atom. The molecule has 0 saturated heterocycles. The number of H-pyrrole nitrogens is 1. The summed E-state index contributed by atoms with van der Waals surface area (Å²) in [5.74, 6) is -0.258. The lowest BCUT2D eigenvalue weighted by atomic mass is 9.98. The van der Waals surface area contributed by atoms with Crippen LogP contribution >= 0.6 is 0 Å². The van der Waals surface area contributed by atoms with Gasteiger partial charge >= 0.3 is 11.8 Å². The van der Waals surface area contributed by atoms with E-state index in [4.69, 9.17) is 18.7 Å². The third-order valence-corrected chi connectivity index (χ3v) is 6.37. The summed E-state index contributed by atoms with van der Waals surface area (Å²) in [6.45, 7) is 23.1. The Morgan fingerprint density at radius 3 is 2.15 bits per heavy atom. The number of rotatable bonds is 12. The van der Waals surface area contributed by atoms with E-state index >= 15 is 0 Å². The van der Waals surface area contributed by atoms with Crippen LogP contribution in [0.1, 0.15) is 78.4 Å². The van der Waals surface area contributed by atoms with Crippen LogP contribution in [0.4, 0.5) is 0 Å². The van der Waals surface area contributed by atoms with E-state index in [1.807, 2.05) is 81.1 Å². The fourth-order valence-corrected chi connectivity index (χ4v) is 3.80. The van der Waals surface area contributed by atoms with E-state index in [9.17, 15) is 9.59 Å². The summed E-state index contributed by atoms with van der Waals surface area (Å²) in [4.78, 5) is 25.6. The van der Waals surface area contributed by atoms with Crippen LogP contribution in [0.25, 0.3) is 22.5 Å². The molecule has 0 radical (unpaired) electrons. The Kier molecular flexibility index (Phi) is 18.0. The van der Waals surface area contributed by atoms with Crippen LogP contribution < -0.4 is 5.82 Å². The lowest BCUT2D eigenvalue weighted by Crippen LogP contribution is -2.29. The molecule has 46 heavy (non-hydrogen) atoms. The fraction of sp³-hybridized carbons (Fsp3) is 0.400. The molecule has 0 spiro atoms. The summed E-state index contributed by atoms with van der Waals surface area (Å²) in [7, 11) is 0. The number of carbonyl (C=O) groups is 1. The predicted molar refractivity (Wildman–Crippen MR) is 180 cm³/mol. The zero-order valence-electron chi connectivity index (χ0n) is 28.4. The molecule has 4 aromatic rings. The van der Waals surface area contributed by atoms with Crippen LogP contribution in [0.15, 0.2) is 86.6 Å². The molecule has 0 bridgehead atoms. The number of ether oxygens (including phenoxy) is 1. The van der Waals surface area contributed by atoms with E-state index in [1.54, 1.807) is 20.8 Å². The van der Waals surface area contributed by atoms with Crippen molar-refractivity contribution in [2.45, 2.75) is 87.5 Å². The summed E-state index contributed by atoms with van der Waals surface area (Å²) in [6, 6.07) is 15.9. The highest BCUT2D eigenvalue weighted by Gasteiger charge is 2.17. The van der Waals surface area contributed by atoms with Crippen LogP contribution in [0.2, 0.25) is 0 Å². The monoisotopic (exact) mass is 635 g/mol. The number of hydrogen-bond acceptors (Lipinski definition) is 10. The summed E-state index contributed by atoms with van der Waals surface area (Å²) < 4.78 is 15.0. The number of carbonyl (C=O) groups excluding carboxylic acids is 1. The van der Waals surface area contributed by atoms with Crippen LogP contribution in [0.3, 0.4) is 0 Å². The Morgan fingerprint density at radius 1 is 1.04 bits per heavy atom. The first-order valence-corrected chi connectivity index (χ1v) is 15.5. The Bertz CT molecular complexity index is 1520. The van der Waals surface area contributed by atoms with Crippen molar-refractivity contribution in [3.63, 3.8) is 0 Å². The van der Waals surface area contributed by atoms with E-state index in [2.05, 4.69) is 40.7 Å². The summed E-state index contributed by atoms with van der Waals surface area (Å²) in [6.07, 6.45) is 1.30. The molecule has 0 aliphatic heterocycles. The van der Waals surface area contributed by atoms with Gasteiger partial charge in [0.1, 0.15) is 6.54 Å². The molecular formula is C35H49N5O6. The standard InChI is InChI=1S/C26H27N5O5.C5H10O.2C2H6/c1-4-7-17(2)31(15-24(32)34-16-23-18(3)35-26(33)36-23)14-19-10-12-20(13-11-19)21-8-5-6-9-22(21)25-27-29-30-28-25;1-4(2)5(3)6;2*1-2/h5-6,8-13H,2,4,7,14-16H2,1,3H3,(H,27,28,29,30);5-6H,1H2,2-3H3;2*1-2H3. The average molecular weight is 636 g/mol. The zero-order valence-corrected chi connectivity index (χ0v) is 28.4. The van der Waals surface area contributed by atoms with E-state index < -0.39 is 11.8 Å². The highest BCUT2D eigenvalue weighted by Crippen LogP contribution is 2.30. The molecule has 1 unspecified atom stereocenters. The van der Waals surface area contributed by atoms with Gasteiger partial charge in [0.15, 0.2) is 18.1 Å². The van der Waals surface area contributed by atoms with Gasteiger partial charge in [-0.3, -0.25) is 4.79 Å². The van der Waals surface area contributed by atoms with Crippen LogP contribution in [0, 0.1) is 6.92 Å². The number of hydrogen-bond donors (Lipinski definition) is 2. The van der Waals surface area contributed by atoms with Gasteiger partial charge in [0.25, 0.3) is 0 Å². The minimum absolute atomic E-state index is 0.0162. The summed E-state index contributed by atoms with van der Waals surface area (Å²) in [5.41, 5.74) is 5.54. The lowest BCUT2D eigenvalue weighted by molar-refractivity contribution is -0.146. The molecule has 4 rings (SSSR count). The number of tetrazole rings is 1. The van der Waals surface area contributed by atoms with Crippen molar-refractivity contribution in [1.29, 1.82) is 0 Å². The maximum atomic E-state index is 12.6. The molecule has 2 aromatic heterocycles. The van der Waals surface area contributed by atoms with Crippen molar-refractivity contribution in [2.24, 2.45) is 0 Å². The van der Waals surface area contributed by atoms with E-state index in [1.165, 1.54) is 0 Å². The number of aryl methyl sites for hydroxylation is 1. The molecule has 1 atom stereocenters. The summed E-state index contributed by atoms with van der Waals surface area (Å²) in [5, 5.41) is 22.9. The largest absolute Gasteiger partial charge is 0.519 e. The third kappa shape index (κ3) is 12.7. The number of benzene rings is 2. The number of aliphatic hydroxyl groups is 1. The number of aromatic amines is 1. The van der Waals surface area contributed by atoms with Crippen molar-refractivity contribution >= 4 is 5.97 Å². The first kappa shape index (κ1) is 39.3. The molecule has 2 N–H and O–H groups in total. The first-order valence-electron chi connectivity index (χ1n) is 15.5. The Balaban J connectivity index is 0.000000936. The zero-order chi connectivity index (χ0) is 34.6. The van der Waals surface area contributed by atoms with Crippen LogP contribution in [-0.4, -0.2) is 49.2 Å². The fourth-order valence-electron chi connectivity index (χ4n) is 3.80. The molecule has 2 heterocycles. The normalized spacial score (nSPS) is 10.5. The van der Waals surface area contributed by atoms with Gasteiger partial charge in [-0.1, -0.05) is 108 Å². The van der Waals surface area contributed by atoms with Crippen molar-refractivity contribution in [3.8, 4) is 22.5 Å². The van der Waals surface area contributed by atoms with Gasteiger partial charge < -0.3 is 23.6 Å². The Hall–Kier alpha value is -4.77. The Labute approximate surface area is 272 Å². The molecule has 11 heteroatoms. The van der Waals surface area contributed by atoms with Crippen LogP contribution in [0.5, 0.6) is 0 Å². The number of nitrogens with zero attached hydrogens (tertiary/aromatic N) is 4. The van der Waals surface area contributed by atoms with Crippen molar-refractivity contribution in [1.82, 2.24) is 25.5 Å². The van der Waals surface area contributed by atoms with E-state index in [0.29, 0.717) is 18.1 Å². The topological polar surface area (TPSA) is 148 Å². The minimum Gasteiger partial charge on any atom is -0.456 e. The van der Waals surface area contributed by atoms with Gasteiger partial charge in [-0.05, 0) is 49.1 Å². The number of aromatic nitrogens is 4. The lowest BCUT2D eigenvalue weighted by Gasteiger charge is -2.26. The number of nitrogens with one attached hydrogen (secondary N) is 1. The smallest absolute Gasteiger partial charge is 0.456 e. The van der Waals surface area contributed by atoms with Gasteiger partial charge in [-0.2, -0.15) is 5.21 Å². The minimum atomic E-state index is -0.820. The second-order valence-electron chi connectivity index (χ2n) is 9.77. The quantitative estimate of drug-likeness (QED) is 0.121. The molecule has 11 nitrogen and oxygen atoms in total. The summed E-state index contributed by atoms with van der Waals surface area (Å²) >= 11 is 0. The molecule has 250 valence electrons. The van der Waals surface area contributed by atoms with Gasteiger partial charge in [0, 0.05) is 17.8 Å². The van der Waals surface area contributed by atoms with Gasteiger partial charge in [0.05, 0.1) is 6.10 Å². The predicted octanol–water partition coefficient (Wildman–Crippen LogP) is 7.24. The van der Waals surface area contributed by atoms with E-state index in [-0.39, 0.29) is 25.0 Å². The first-order chi connectivity index (χ1) is 22.1. The number of allylic oxidation sites excluding steroid dienone is 1. The van der Waals surface area contributed by atoms with Gasteiger partial charge in [-0.15, -0.1) is 10.2 Å². The maximum absolute atomic E-state index is 12.6. The molecule has 0 amide bonds. The van der Waals surface area contributed by atoms with Crippen molar-refractivity contribution in [3.05, 3.63) is 101 Å². The number of esters is 1. The second-order valence-corrected chi connectivity index (χ2v) is 9.77. The van der Waals surface area contributed by atoms with Gasteiger partial charge in [0.2, 0.25) is 5.82 Å². The third-order valence-electron chi connectivity index (χ3n) is 6.37. The molecule has 0 saturated carbocycles. The van der Waals surface area contributed by atoms with Gasteiger partial charge in [-0.25, -0.2) is 4.79 Å². The van der Waals surface area contributed by atoms with Crippen LogP contribution in [-0.2, 0) is 22.7 Å². The molecule has 0 aliphatic rings. The molecular weight excluding hydrogens is 586 g/mol. The highest BCUT2D eigenvalue weighted by atomic mass is 16.6. The molecule has 0 aliphatic carbocycles. The number of aliphatic hydroxyl groups excluding tert-OH is 1. The van der Waals surface area contributed by atoms with Crippen molar-refractivity contribution < 1.29 is 23.5 Å². The second kappa shape index (κ2) is 21.1. The van der Waals surface area contributed by atoms with Crippen molar-refractivity contribution in [2.75, 3.05) is 6.54 Å². The van der Waals surface area contributed by atoms with E-state index in [0.717, 1.165) is 46.4 Å². The average Bonchev–Trinajstić information content (AvgIpc) is 3.71. The molecule has 2 aromatic carbocycles.